The Balaban J connectivity index is 1.68. The zero-order chi connectivity index (χ0) is 14.7. The fraction of sp³-hybridized carbons (Fsp3) is 0.467. The molecule has 0 saturated carbocycles. The highest BCUT2D eigenvalue weighted by Gasteiger charge is 2.24. The lowest BCUT2D eigenvalue weighted by atomic mass is 9.89. The van der Waals surface area contributed by atoms with Gasteiger partial charge in [-0.2, -0.15) is 0 Å². The predicted molar refractivity (Wildman–Crippen MR) is 86.7 cm³/mol. The van der Waals surface area contributed by atoms with Gasteiger partial charge in [-0.15, -0.1) is 10.2 Å². The molecule has 1 fully saturated rings. The molecule has 0 aliphatic carbocycles. The molecule has 0 bridgehead atoms. The first kappa shape index (κ1) is 14.6. The van der Waals surface area contributed by atoms with Crippen molar-refractivity contribution in [1.82, 2.24) is 10.2 Å². The summed E-state index contributed by atoms with van der Waals surface area (Å²) < 4.78 is 6.26. The van der Waals surface area contributed by atoms with Crippen LogP contribution in [0.25, 0.3) is 0 Å². The molecule has 0 amide bonds. The summed E-state index contributed by atoms with van der Waals surface area (Å²) in [6.45, 7) is 4.70. The topological polar surface area (TPSA) is 38.2 Å². The van der Waals surface area contributed by atoms with Crippen molar-refractivity contribution in [3.63, 3.8) is 0 Å². The third kappa shape index (κ3) is 3.30. The highest BCUT2D eigenvalue weighted by atomic mass is 35.5. The maximum atomic E-state index is 5.86. The lowest BCUT2D eigenvalue weighted by molar-refractivity contribution is 0.331. The number of halogens is 1. The second-order valence-electron chi connectivity index (χ2n) is 5.07. The van der Waals surface area contributed by atoms with Crippen LogP contribution in [-0.4, -0.2) is 29.9 Å². The number of aromatic nitrogens is 2. The van der Waals surface area contributed by atoms with Gasteiger partial charge in [-0.1, -0.05) is 29.5 Å². The van der Waals surface area contributed by atoms with Crippen molar-refractivity contribution in [2.24, 2.45) is 0 Å². The average Bonchev–Trinajstić information content (AvgIpc) is 2.95. The molecule has 112 valence electrons. The van der Waals surface area contributed by atoms with Gasteiger partial charge in [-0.05, 0) is 48.9 Å². The van der Waals surface area contributed by atoms with Crippen LogP contribution >= 0.6 is 22.9 Å². The first-order valence-electron chi connectivity index (χ1n) is 7.23. The number of anilines is 1. The number of rotatable bonds is 4. The van der Waals surface area contributed by atoms with E-state index >= 15 is 0 Å². The smallest absolute Gasteiger partial charge is 0.209 e. The van der Waals surface area contributed by atoms with Crippen LogP contribution in [-0.2, 0) is 0 Å². The summed E-state index contributed by atoms with van der Waals surface area (Å²) in [4.78, 5) is 2.27. The standard InChI is InChI=1S/C15H18ClN3OS/c1-2-20-13-6-4-3-5-12(13)11-7-9-19(10-8-11)15-18-17-14(16)21-15/h3-6,11H,2,7-10H2,1H3. The number of piperidine rings is 1. The summed E-state index contributed by atoms with van der Waals surface area (Å²) >= 11 is 7.31. The molecule has 0 radical (unpaired) electrons. The summed E-state index contributed by atoms with van der Waals surface area (Å²) in [6, 6.07) is 8.38. The maximum Gasteiger partial charge on any atom is 0.209 e. The predicted octanol–water partition coefficient (Wildman–Crippen LogP) is 3.97. The molecule has 2 heterocycles. The number of hydrogen-bond donors (Lipinski definition) is 0. The fourth-order valence-corrected chi connectivity index (χ4v) is 3.68. The number of hydrogen-bond acceptors (Lipinski definition) is 5. The molecule has 0 unspecified atom stereocenters. The van der Waals surface area contributed by atoms with Crippen molar-refractivity contribution in [1.29, 1.82) is 0 Å². The summed E-state index contributed by atoms with van der Waals surface area (Å²) in [5.74, 6) is 1.57. The van der Waals surface area contributed by atoms with E-state index in [1.54, 1.807) is 0 Å². The molecule has 1 aromatic heterocycles. The highest BCUT2D eigenvalue weighted by molar-refractivity contribution is 7.19. The van der Waals surface area contributed by atoms with E-state index in [0.29, 0.717) is 17.0 Å². The molecule has 0 atom stereocenters. The van der Waals surface area contributed by atoms with Crippen molar-refractivity contribution in [3.8, 4) is 5.75 Å². The molecule has 1 saturated heterocycles. The van der Waals surface area contributed by atoms with Gasteiger partial charge >= 0.3 is 0 Å². The third-order valence-electron chi connectivity index (χ3n) is 3.81. The van der Waals surface area contributed by atoms with Crippen LogP contribution in [0.3, 0.4) is 0 Å². The highest BCUT2D eigenvalue weighted by Crippen LogP contribution is 2.36. The van der Waals surface area contributed by atoms with Crippen molar-refractivity contribution in [2.75, 3.05) is 24.6 Å². The van der Waals surface area contributed by atoms with Crippen LogP contribution < -0.4 is 9.64 Å². The fourth-order valence-electron chi connectivity index (χ4n) is 2.81. The molecule has 21 heavy (non-hydrogen) atoms. The molecule has 2 aromatic rings. The van der Waals surface area contributed by atoms with E-state index in [-0.39, 0.29) is 0 Å². The zero-order valence-corrected chi connectivity index (χ0v) is 13.5. The molecular formula is C15H18ClN3OS. The lowest BCUT2D eigenvalue weighted by Gasteiger charge is -2.32. The van der Waals surface area contributed by atoms with Gasteiger partial charge in [0.1, 0.15) is 5.75 Å². The molecule has 1 aromatic carbocycles. The van der Waals surface area contributed by atoms with Gasteiger partial charge < -0.3 is 9.64 Å². The molecule has 3 rings (SSSR count). The lowest BCUT2D eigenvalue weighted by Crippen LogP contribution is -2.32. The summed E-state index contributed by atoms with van der Waals surface area (Å²) in [5, 5.41) is 8.93. The van der Waals surface area contributed by atoms with Crippen molar-refractivity contribution in [2.45, 2.75) is 25.7 Å². The van der Waals surface area contributed by atoms with Crippen LogP contribution in [0.4, 0.5) is 5.13 Å². The first-order valence-corrected chi connectivity index (χ1v) is 8.43. The third-order valence-corrected chi connectivity index (χ3v) is 4.89. The van der Waals surface area contributed by atoms with Gasteiger partial charge in [-0.25, -0.2) is 0 Å². The van der Waals surface area contributed by atoms with Gasteiger partial charge in [0, 0.05) is 13.1 Å². The summed E-state index contributed by atoms with van der Waals surface area (Å²) in [6.07, 6.45) is 2.20. The van der Waals surface area contributed by atoms with Gasteiger partial charge in [0.25, 0.3) is 0 Å². The molecule has 6 heteroatoms. The Kier molecular flexibility index (Phi) is 4.60. The van der Waals surface area contributed by atoms with Gasteiger partial charge in [0.2, 0.25) is 9.60 Å². The number of benzene rings is 1. The zero-order valence-electron chi connectivity index (χ0n) is 12.0. The SMILES string of the molecule is CCOc1ccccc1C1CCN(c2nnc(Cl)s2)CC1. The maximum absolute atomic E-state index is 5.86. The van der Waals surface area contributed by atoms with E-state index in [1.807, 2.05) is 13.0 Å². The minimum atomic E-state index is 0.508. The van der Waals surface area contributed by atoms with Crippen LogP contribution in [0.5, 0.6) is 5.75 Å². The largest absolute Gasteiger partial charge is 0.494 e. The molecule has 0 spiro atoms. The van der Waals surface area contributed by atoms with Crippen LogP contribution in [0.1, 0.15) is 31.2 Å². The van der Waals surface area contributed by atoms with E-state index < -0.39 is 0 Å². The van der Waals surface area contributed by atoms with Gasteiger partial charge in [0.05, 0.1) is 6.61 Å². The second-order valence-corrected chi connectivity index (χ2v) is 6.61. The first-order chi connectivity index (χ1) is 10.3. The average molecular weight is 324 g/mol. The Hall–Kier alpha value is -1.33. The van der Waals surface area contributed by atoms with Crippen LogP contribution in [0.2, 0.25) is 4.47 Å². The Morgan fingerprint density at radius 2 is 2.05 bits per heavy atom. The number of para-hydroxylation sites is 1. The summed E-state index contributed by atoms with van der Waals surface area (Å²) in [5.41, 5.74) is 1.33. The molecule has 1 aliphatic heterocycles. The van der Waals surface area contributed by atoms with Crippen molar-refractivity contribution < 1.29 is 4.74 Å². The number of nitrogens with zero attached hydrogens (tertiary/aromatic N) is 3. The normalized spacial score (nSPS) is 16.2. The quantitative estimate of drug-likeness (QED) is 0.853. The van der Waals surface area contributed by atoms with E-state index in [4.69, 9.17) is 16.3 Å². The van der Waals surface area contributed by atoms with Gasteiger partial charge in [0.15, 0.2) is 0 Å². The monoisotopic (exact) mass is 323 g/mol. The molecule has 4 nitrogen and oxygen atoms in total. The van der Waals surface area contributed by atoms with E-state index in [9.17, 15) is 0 Å². The van der Waals surface area contributed by atoms with E-state index in [2.05, 4.69) is 33.3 Å². The Bertz CT molecular complexity index is 596. The van der Waals surface area contributed by atoms with E-state index in [1.165, 1.54) is 16.9 Å². The Morgan fingerprint density at radius 3 is 2.71 bits per heavy atom. The van der Waals surface area contributed by atoms with Gasteiger partial charge in [-0.3, -0.25) is 0 Å². The minimum Gasteiger partial charge on any atom is -0.494 e. The molecule has 1 aliphatic rings. The Labute approximate surface area is 133 Å². The molecule has 0 N–H and O–H groups in total. The minimum absolute atomic E-state index is 0.508. The van der Waals surface area contributed by atoms with Crippen molar-refractivity contribution >= 4 is 28.1 Å². The van der Waals surface area contributed by atoms with Crippen LogP contribution in [0, 0.1) is 0 Å². The molecular weight excluding hydrogens is 306 g/mol. The number of ether oxygens (including phenoxy) is 1. The second kappa shape index (κ2) is 6.62. The van der Waals surface area contributed by atoms with Crippen LogP contribution in [0.15, 0.2) is 24.3 Å². The summed E-state index contributed by atoms with van der Waals surface area (Å²) in [7, 11) is 0. The van der Waals surface area contributed by atoms with E-state index in [0.717, 1.165) is 36.8 Å². The Morgan fingerprint density at radius 1 is 1.29 bits per heavy atom. The van der Waals surface area contributed by atoms with Crippen molar-refractivity contribution in [3.05, 3.63) is 34.3 Å².